The second kappa shape index (κ2) is 11.4. The Morgan fingerprint density at radius 3 is 2.80 bits per heavy atom. The number of anilines is 1. The van der Waals surface area contributed by atoms with Gasteiger partial charge in [0.25, 0.3) is 0 Å². The van der Waals surface area contributed by atoms with E-state index in [1.807, 2.05) is 4.90 Å². The zero-order chi connectivity index (χ0) is 31.3. The molecule has 0 radical (unpaired) electrons. The molecule has 5 aliphatic rings. The van der Waals surface area contributed by atoms with Gasteiger partial charge in [-0.25, -0.2) is 14.2 Å². The minimum absolute atomic E-state index is 0.00712. The molecular formula is C31H34ClFN8O3. The van der Waals surface area contributed by atoms with Crippen LogP contribution in [0.3, 0.4) is 0 Å². The highest BCUT2D eigenvalue weighted by molar-refractivity contribution is 6.33. The van der Waals surface area contributed by atoms with Gasteiger partial charge < -0.3 is 14.7 Å². The highest BCUT2D eigenvalue weighted by atomic mass is 35.5. The molecule has 3 atom stereocenters. The Kier molecular flexibility index (Phi) is 7.70. The normalized spacial score (nSPS) is 27.8. The van der Waals surface area contributed by atoms with Gasteiger partial charge in [-0.15, -0.1) is 0 Å². The molecule has 4 amide bonds. The number of nitriles is 1. The molecule has 44 heavy (non-hydrogen) atoms. The molecule has 0 saturated carbocycles. The summed E-state index contributed by atoms with van der Waals surface area (Å²) in [6, 6.07) is 2.73. The summed E-state index contributed by atoms with van der Waals surface area (Å²) in [6.45, 7) is 7.01. The first-order valence-corrected chi connectivity index (χ1v) is 15.3. The monoisotopic (exact) mass is 620 g/mol. The fraction of sp³-hybridized carbons (Fsp3) is 0.484. The molecule has 0 aliphatic carbocycles. The fourth-order valence-electron chi connectivity index (χ4n) is 7.20. The van der Waals surface area contributed by atoms with Crippen LogP contribution in [0, 0.1) is 16.7 Å². The summed E-state index contributed by atoms with van der Waals surface area (Å²) in [5.74, 6) is 0.0849. The number of alkyl halides is 1. The number of carbonyl (C=O) groups excluding carboxylic acids is 3. The molecule has 5 aliphatic heterocycles. The van der Waals surface area contributed by atoms with Crippen molar-refractivity contribution in [2.24, 2.45) is 4.99 Å². The van der Waals surface area contributed by atoms with Gasteiger partial charge in [0.1, 0.15) is 11.5 Å². The Labute approximate surface area is 259 Å². The molecule has 0 aromatic heterocycles. The highest BCUT2D eigenvalue weighted by Crippen LogP contribution is 2.35. The Balaban J connectivity index is 1.56. The SMILES string of the molecule is C=CC(=O)N1CCN(C2=c3cc(Cl)/c(=C4\C(=N)N=CCC4(C)F)c4c3N(C(=O)N2)C(CN2CCCC2=O)CC4)C[C@@H]1CC#N. The Morgan fingerprint density at radius 2 is 2.11 bits per heavy atom. The lowest BCUT2D eigenvalue weighted by molar-refractivity contribution is -0.130. The van der Waals surface area contributed by atoms with Crippen molar-refractivity contribution in [2.75, 3.05) is 37.6 Å². The lowest BCUT2D eigenvalue weighted by Crippen LogP contribution is -2.62. The minimum Gasteiger partial charge on any atom is -0.354 e. The van der Waals surface area contributed by atoms with Crippen molar-refractivity contribution in [3.63, 3.8) is 0 Å². The van der Waals surface area contributed by atoms with Crippen LogP contribution >= 0.6 is 11.6 Å². The van der Waals surface area contributed by atoms with Gasteiger partial charge in [-0.05, 0) is 43.9 Å². The Morgan fingerprint density at radius 1 is 1.32 bits per heavy atom. The van der Waals surface area contributed by atoms with E-state index in [9.17, 15) is 19.6 Å². The molecule has 1 aromatic carbocycles. The number of nitrogens with zero attached hydrogens (tertiary/aromatic N) is 6. The largest absolute Gasteiger partial charge is 0.354 e. The van der Waals surface area contributed by atoms with Gasteiger partial charge in [-0.3, -0.25) is 25.2 Å². The summed E-state index contributed by atoms with van der Waals surface area (Å²) in [5.41, 5.74) is -0.551. The van der Waals surface area contributed by atoms with Crippen LogP contribution in [-0.2, 0) is 16.0 Å². The molecular weight excluding hydrogens is 587 g/mol. The summed E-state index contributed by atoms with van der Waals surface area (Å²) in [5, 5.41) is 22.4. The van der Waals surface area contributed by atoms with Gasteiger partial charge >= 0.3 is 6.03 Å². The van der Waals surface area contributed by atoms with E-state index in [1.165, 1.54) is 19.2 Å². The number of aliphatic imine (C=N–C) groups is 1. The molecule has 2 N–H and O–H groups in total. The number of likely N-dealkylation sites (tertiary alicyclic amines) is 1. The predicted octanol–water partition coefficient (Wildman–Crippen LogP) is 1.82. The van der Waals surface area contributed by atoms with E-state index < -0.39 is 11.7 Å². The smallest absolute Gasteiger partial charge is 0.327 e. The summed E-state index contributed by atoms with van der Waals surface area (Å²) in [6.07, 6.45) is 4.96. The van der Waals surface area contributed by atoms with Gasteiger partial charge in [-0.2, -0.15) is 5.26 Å². The minimum atomic E-state index is -1.89. The molecule has 2 fully saturated rings. The molecule has 230 valence electrons. The molecule has 13 heteroatoms. The Hall–Kier alpha value is -4.24. The van der Waals surface area contributed by atoms with Crippen LogP contribution in [-0.4, -0.2) is 95.1 Å². The van der Waals surface area contributed by atoms with Crippen molar-refractivity contribution in [1.29, 1.82) is 10.7 Å². The number of hydrogen-bond acceptors (Lipinski definition) is 6. The lowest BCUT2D eigenvalue weighted by Gasteiger charge is -2.46. The second-order valence-electron chi connectivity index (χ2n) is 12.0. The van der Waals surface area contributed by atoms with Gasteiger partial charge in [0.15, 0.2) is 5.84 Å². The average molecular weight is 621 g/mol. The van der Waals surface area contributed by atoms with Crippen LogP contribution in [0.1, 0.15) is 44.6 Å². The molecule has 11 nitrogen and oxygen atoms in total. The van der Waals surface area contributed by atoms with Crippen molar-refractivity contribution in [1.82, 2.24) is 20.0 Å². The number of piperazine rings is 1. The van der Waals surface area contributed by atoms with Crippen molar-refractivity contribution >= 4 is 58.6 Å². The number of nitrogens with one attached hydrogen (secondary N) is 2. The number of hydrogen-bond donors (Lipinski definition) is 2. The van der Waals surface area contributed by atoms with Gasteiger partial charge in [-0.1, -0.05) is 18.2 Å². The van der Waals surface area contributed by atoms with E-state index in [-0.39, 0.29) is 53.2 Å². The third-order valence-corrected chi connectivity index (χ3v) is 9.57. The van der Waals surface area contributed by atoms with E-state index in [4.69, 9.17) is 17.0 Å². The van der Waals surface area contributed by atoms with Crippen LogP contribution in [0.2, 0.25) is 5.02 Å². The first-order valence-electron chi connectivity index (χ1n) is 14.9. The third kappa shape index (κ3) is 4.93. The fourth-order valence-corrected chi connectivity index (χ4v) is 7.52. The molecule has 6 rings (SSSR count). The van der Waals surface area contributed by atoms with Gasteiger partial charge in [0.2, 0.25) is 11.8 Å². The number of urea groups is 1. The number of amidine groups is 1. The number of amides is 4. The first-order chi connectivity index (χ1) is 21.1. The standard InChI is InChI=1S/C31H34ClFN8O3/c1-3-23(42)40-14-13-39(16-18(40)8-10-34)29-21-15-22(32)25(26-28(35)36-11-9-31(26,2)33)20-7-6-19(17-38-12-4-5-24(38)43)41(27(20)21)30(44)37-29/h3,11,15,18-19,35H,1,4-9,12-14,16-17H2,2H3,(H,37,44)/b26-25+,35-28?/t18-,19?,31?/m0/s1. The average Bonchev–Trinajstić information content (AvgIpc) is 3.39. The zero-order valence-corrected chi connectivity index (χ0v) is 25.3. The maximum Gasteiger partial charge on any atom is 0.327 e. The molecule has 0 bridgehead atoms. The van der Waals surface area contributed by atoms with Crippen molar-refractivity contribution in [3.8, 4) is 6.07 Å². The van der Waals surface area contributed by atoms with Gasteiger partial charge in [0, 0.05) is 72.8 Å². The quantitative estimate of drug-likeness (QED) is 0.484. The van der Waals surface area contributed by atoms with Crippen LogP contribution in [0.25, 0.3) is 11.4 Å². The lowest BCUT2D eigenvalue weighted by atomic mass is 9.84. The summed E-state index contributed by atoms with van der Waals surface area (Å²) >= 11 is 6.98. The van der Waals surface area contributed by atoms with Crippen LogP contribution in [0.5, 0.6) is 0 Å². The number of benzene rings is 1. The highest BCUT2D eigenvalue weighted by Gasteiger charge is 2.42. The first kappa shape index (κ1) is 29.8. The van der Waals surface area contributed by atoms with E-state index in [0.717, 1.165) is 6.42 Å². The predicted molar refractivity (Wildman–Crippen MR) is 164 cm³/mol. The molecule has 0 spiro atoms. The van der Waals surface area contributed by atoms with Crippen molar-refractivity contribution < 1.29 is 18.8 Å². The van der Waals surface area contributed by atoms with Crippen LogP contribution in [0.4, 0.5) is 14.9 Å². The van der Waals surface area contributed by atoms with E-state index >= 15 is 4.39 Å². The molecule has 2 saturated heterocycles. The van der Waals surface area contributed by atoms with Crippen LogP contribution < -0.4 is 20.7 Å². The summed E-state index contributed by atoms with van der Waals surface area (Å²) in [4.78, 5) is 50.2. The maximum absolute atomic E-state index is 16.1. The molecule has 1 aromatic rings. The van der Waals surface area contributed by atoms with Gasteiger partial charge in [0.05, 0.1) is 30.3 Å². The van der Waals surface area contributed by atoms with Crippen molar-refractivity contribution in [2.45, 2.75) is 63.2 Å². The Bertz CT molecular complexity index is 1680. The number of carbonyl (C=O) groups is 3. The number of rotatable bonds is 5. The number of halogens is 2. The van der Waals surface area contributed by atoms with E-state index in [2.05, 4.69) is 23.0 Å². The van der Waals surface area contributed by atoms with Crippen LogP contribution in [0.15, 0.2) is 23.7 Å². The third-order valence-electron chi connectivity index (χ3n) is 9.27. The van der Waals surface area contributed by atoms with E-state index in [1.54, 1.807) is 20.8 Å². The van der Waals surface area contributed by atoms with Crippen molar-refractivity contribution in [3.05, 3.63) is 39.7 Å². The zero-order valence-electron chi connectivity index (χ0n) is 24.5. The van der Waals surface area contributed by atoms with E-state index in [0.29, 0.717) is 79.5 Å². The second-order valence-corrected chi connectivity index (χ2v) is 12.4. The summed E-state index contributed by atoms with van der Waals surface area (Å²) in [7, 11) is 0. The topological polar surface area (TPSA) is 136 Å². The molecule has 5 heterocycles. The maximum atomic E-state index is 16.1. The summed E-state index contributed by atoms with van der Waals surface area (Å²) < 4.78 is 16.1. The molecule has 2 unspecified atom stereocenters.